The molecule has 106 valence electrons. The van der Waals surface area contributed by atoms with Crippen LogP contribution in [0.15, 0.2) is 22.7 Å². The molecule has 0 aliphatic carbocycles. The van der Waals surface area contributed by atoms with Gasteiger partial charge in [0.25, 0.3) is 0 Å². The SMILES string of the molecule is Cc1cc(Br)ccc1NC(=O)CN1CC[C@H](N)C1.Cl. The summed E-state index contributed by atoms with van der Waals surface area (Å²) in [5, 5.41) is 2.94. The lowest BCUT2D eigenvalue weighted by atomic mass is 10.2. The first-order valence-corrected chi connectivity index (χ1v) is 6.88. The van der Waals surface area contributed by atoms with Crippen molar-refractivity contribution in [2.24, 2.45) is 5.73 Å². The van der Waals surface area contributed by atoms with Crippen LogP contribution in [-0.4, -0.2) is 36.5 Å². The van der Waals surface area contributed by atoms with E-state index >= 15 is 0 Å². The number of hydrogen-bond donors (Lipinski definition) is 2. The van der Waals surface area contributed by atoms with Crippen LogP contribution in [0.1, 0.15) is 12.0 Å². The van der Waals surface area contributed by atoms with Crippen LogP contribution in [0, 0.1) is 6.92 Å². The third-order valence-corrected chi connectivity index (χ3v) is 3.63. The Morgan fingerprint density at radius 2 is 2.32 bits per heavy atom. The van der Waals surface area contributed by atoms with Gasteiger partial charge in [-0.05, 0) is 37.1 Å². The summed E-state index contributed by atoms with van der Waals surface area (Å²) in [5.74, 6) is 0.0227. The van der Waals surface area contributed by atoms with E-state index in [1.54, 1.807) is 0 Å². The van der Waals surface area contributed by atoms with Crippen molar-refractivity contribution in [3.05, 3.63) is 28.2 Å². The molecule has 19 heavy (non-hydrogen) atoms. The molecule has 6 heteroatoms. The van der Waals surface area contributed by atoms with E-state index in [4.69, 9.17) is 5.73 Å². The van der Waals surface area contributed by atoms with Crippen LogP contribution in [-0.2, 0) is 4.79 Å². The fourth-order valence-corrected chi connectivity index (χ4v) is 2.64. The lowest BCUT2D eigenvalue weighted by Gasteiger charge is -2.15. The summed E-state index contributed by atoms with van der Waals surface area (Å²) in [5.41, 5.74) is 7.73. The number of halogens is 2. The van der Waals surface area contributed by atoms with Gasteiger partial charge in [-0.1, -0.05) is 15.9 Å². The van der Waals surface area contributed by atoms with Crippen molar-refractivity contribution < 1.29 is 4.79 Å². The van der Waals surface area contributed by atoms with E-state index < -0.39 is 0 Å². The van der Waals surface area contributed by atoms with Gasteiger partial charge in [0.15, 0.2) is 0 Å². The predicted octanol–water partition coefficient (Wildman–Crippen LogP) is 2.15. The van der Waals surface area contributed by atoms with Crippen molar-refractivity contribution in [1.29, 1.82) is 0 Å². The zero-order valence-electron chi connectivity index (χ0n) is 10.9. The van der Waals surface area contributed by atoms with Crippen LogP contribution < -0.4 is 11.1 Å². The van der Waals surface area contributed by atoms with Gasteiger partial charge in [-0.2, -0.15) is 0 Å². The Kier molecular flexibility index (Phi) is 6.26. The smallest absolute Gasteiger partial charge is 0.238 e. The van der Waals surface area contributed by atoms with E-state index in [0.29, 0.717) is 6.54 Å². The number of rotatable bonds is 3. The monoisotopic (exact) mass is 347 g/mol. The standard InChI is InChI=1S/C13H18BrN3O.ClH/c1-9-6-10(14)2-3-12(9)16-13(18)8-17-5-4-11(15)7-17;/h2-3,6,11H,4-5,7-8,15H2,1H3,(H,16,18);1H/t11-;/m0./s1. The molecule has 3 N–H and O–H groups in total. The quantitative estimate of drug-likeness (QED) is 0.880. The lowest BCUT2D eigenvalue weighted by molar-refractivity contribution is -0.117. The number of carbonyl (C=O) groups excluding carboxylic acids is 1. The molecule has 0 aromatic heterocycles. The normalized spacial score (nSPS) is 19.0. The number of likely N-dealkylation sites (tertiary alicyclic amines) is 1. The fourth-order valence-electron chi connectivity index (χ4n) is 2.17. The van der Waals surface area contributed by atoms with Crippen molar-refractivity contribution in [2.75, 3.05) is 25.0 Å². The number of hydrogen-bond acceptors (Lipinski definition) is 3. The predicted molar refractivity (Wildman–Crippen MR) is 83.8 cm³/mol. The molecular formula is C13H19BrClN3O. The van der Waals surface area contributed by atoms with Crippen molar-refractivity contribution in [3.8, 4) is 0 Å². The number of anilines is 1. The molecule has 1 fully saturated rings. The summed E-state index contributed by atoms with van der Waals surface area (Å²) in [7, 11) is 0. The maximum atomic E-state index is 11.9. The summed E-state index contributed by atoms with van der Waals surface area (Å²) >= 11 is 3.41. The average molecular weight is 349 g/mol. The summed E-state index contributed by atoms with van der Waals surface area (Å²) in [6.45, 7) is 4.12. The second-order valence-corrected chi connectivity index (χ2v) is 5.71. The van der Waals surface area contributed by atoms with E-state index in [2.05, 4.69) is 26.1 Å². The van der Waals surface area contributed by atoms with Crippen LogP contribution in [0.2, 0.25) is 0 Å². The molecule has 0 spiro atoms. The Morgan fingerprint density at radius 3 is 2.89 bits per heavy atom. The van der Waals surface area contributed by atoms with Crippen LogP contribution in [0.3, 0.4) is 0 Å². The molecule has 0 unspecified atom stereocenters. The molecule has 1 aliphatic rings. The molecule has 0 saturated carbocycles. The number of nitrogens with two attached hydrogens (primary N) is 1. The van der Waals surface area contributed by atoms with Crippen molar-refractivity contribution in [1.82, 2.24) is 4.90 Å². The Morgan fingerprint density at radius 1 is 1.58 bits per heavy atom. The highest BCUT2D eigenvalue weighted by molar-refractivity contribution is 9.10. The number of nitrogens with one attached hydrogen (secondary N) is 1. The molecular weight excluding hydrogens is 330 g/mol. The molecule has 4 nitrogen and oxygen atoms in total. The third-order valence-electron chi connectivity index (χ3n) is 3.14. The summed E-state index contributed by atoms with van der Waals surface area (Å²) < 4.78 is 1.02. The number of aryl methyl sites for hydroxylation is 1. The Hall–Kier alpha value is -0.620. The molecule has 1 saturated heterocycles. The van der Waals surface area contributed by atoms with Gasteiger partial charge in [0.1, 0.15) is 0 Å². The fraction of sp³-hybridized carbons (Fsp3) is 0.462. The second-order valence-electron chi connectivity index (χ2n) is 4.79. The van der Waals surface area contributed by atoms with E-state index in [0.717, 1.165) is 35.2 Å². The van der Waals surface area contributed by atoms with Gasteiger partial charge in [-0.3, -0.25) is 9.69 Å². The molecule has 0 radical (unpaired) electrons. The number of benzene rings is 1. The molecule has 2 rings (SSSR count). The zero-order valence-corrected chi connectivity index (χ0v) is 13.3. The molecule has 1 heterocycles. The van der Waals surface area contributed by atoms with Gasteiger partial charge in [0, 0.05) is 29.3 Å². The van der Waals surface area contributed by atoms with Gasteiger partial charge in [-0.15, -0.1) is 12.4 Å². The topological polar surface area (TPSA) is 58.4 Å². The van der Waals surface area contributed by atoms with E-state index in [9.17, 15) is 4.79 Å². The van der Waals surface area contributed by atoms with E-state index in [1.165, 1.54) is 0 Å². The lowest BCUT2D eigenvalue weighted by Crippen LogP contribution is -2.33. The highest BCUT2D eigenvalue weighted by atomic mass is 79.9. The maximum Gasteiger partial charge on any atom is 0.238 e. The van der Waals surface area contributed by atoms with Crippen molar-refractivity contribution >= 4 is 39.9 Å². The van der Waals surface area contributed by atoms with Crippen molar-refractivity contribution in [3.63, 3.8) is 0 Å². The summed E-state index contributed by atoms with van der Waals surface area (Å²) in [6, 6.07) is 6.04. The minimum absolute atomic E-state index is 0. The second kappa shape index (κ2) is 7.24. The highest BCUT2D eigenvalue weighted by Gasteiger charge is 2.21. The van der Waals surface area contributed by atoms with Gasteiger partial charge in [0.2, 0.25) is 5.91 Å². The number of nitrogens with zero attached hydrogens (tertiary/aromatic N) is 1. The maximum absolute atomic E-state index is 11.9. The summed E-state index contributed by atoms with van der Waals surface area (Å²) in [6.07, 6.45) is 0.977. The van der Waals surface area contributed by atoms with Gasteiger partial charge in [-0.25, -0.2) is 0 Å². The van der Waals surface area contributed by atoms with Crippen LogP contribution in [0.5, 0.6) is 0 Å². The van der Waals surface area contributed by atoms with Crippen LogP contribution >= 0.6 is 28.3 Å². The minimum Gasteiger partial charge on any atom is -0.326 e. The molecule has 1 aliphatic heterocycles. The minimum atomic E-state index is 0. The van der Waals surface area contributed by atoms with Gasteiger partial charge in [0.05, 0.1) is 6.54 Å². The molecule has 1 aromatic rings. The zero-order chi connectivity index (χ0) is 13.1. The average Bonchev–Trinajstić information content (AvgIpc) is 2.68. The third kappa shape index (κ3) is 4.76. The van der Waals surface area contributed by atoms with Gasteiger partial charge >= 0.3 is 0 Å². The molecule has 1 amide bonds. The van der Waals surface area contributed by atoms with Crippen LogP contribution in [0.4, 0.5) is 5.69 Å². The number of amides is 1. The van der Waals surface area contributed by atoms with Crippen molar-refractivity contribution in [2.45, 2.75) is 19.4 Å². The number of carbonyl (C=O) groups is 1. The molecule has 0 bridgehead atoms. The first-order chi connectivity index (χ1) is 8.54. The Balaban J connectivity index is 0.00000180. The van der Waals surface area contributed by atoms with Gasteiger partial charge < -0.3 is 11.1 Å². The summed E-state index contributed by atoms with van der Waals surface area (Å²) in [4.78, 5) is 14.0. The first kappa shape index (κ1) is 16.4. The Bertz CT molecular complexity index is 456. The largest absolute Gasteiger partial charge is 0.326 e. The molecule has 1 aromatic carbocycles. The highest BCUT2D eigenvalue weighted by Crippen LogP contribution is 2.20. The van der Waals surface area contributed by atoms with E-state index in [-0.39, 0.29) is 24.4 Å². The van der Waals surface area contributed by atoms with E-state index in [1.807, 2.05) is 25.1 Å². The first-order valence-electron chi connectivity index (χ1n) is 6.08. The Labute approximate surface area is 128 Å². The molecule has 1 atom stereocenters. The van der Waals surface area contributed by atoms with Crippen LogP contribution in [0.25, 0.3) is 0 Å².